The molecule has 0 saturated heterocycles. The molecule has 0 radical (unpaired) electrons. The summed E-state index contributed by atoms with van der Waals surface area (Å²) >= 11 is 11.9. The number of anilines is 2. The highest BCUT2D eigenvalue weighted by molar-refractivity contribution is 7.85. The van der Waals surface area contributed by atoms with Gasteiger partial charge in [-0.3, -0.25) is 9.00 Å². The van der Waals surface area contributed by atoms with Gasteiger partial charge in [-0.15, -0.1) is 0 Å². The molecule has 1 unspecified atom stereocenters. The number of carbonyl (C=O) groups is 1. The Hall–Kier alpha value is -0.820. The number of halogens is 2. The number of benzene rings is 1. The van der Waals surface area contributed by atoms with Gasteiger partial charge in [-0.1, -0.05) is 23.2 Å². The van der Waals surface area contributed by atoms with Gasteiger partial charge in [0.15, 0.2) is 0 Å². The Bertz CT molecular complexity index is 488. The lowest BCUT2D eigenvalue weighted by molar-refractivity contribution is -0.115. The fourth-order valence-corrected chi connectivity index (χ4v) is 2.97. The van der Waals surface area contributed by atoms with Crippen LogP contribution in [0.3, 0.4) is 0 Å². The molecule has 1 aromatic carbocycles. The number of rotatable bonds is 7. The maximum Gasteiger partial charge on any atom is 0.225 e. The lowest BCUT2D eigenvalue weighted by Gasteiger charge is -2.10. The Kier molecular flexibility index (Phi) is 7.29. The van der Waals surface area contributed by atoms with Gasteiger partial charge < -0.3 is 15.8 Å². The van der Waals surface area contributed by atoms with Gasteiger partial charge in [0, 0.05) is 41.5 Å². The van der Waals surface area contributed by atoms with E-state index >= 15 is 0 Å². The fraction of sp³-hybridized carbons (Fsp3) is 0.417. The Morgan fingerprint density at radius 1 is 1.35 bits per heavy atom. The van der Waals surface area contributed by atoms with Crippen molar-refractivity contribution < 1.29 is 13.7 Å². The van der Waals surface area contributed by atoms with Gasteiger partial charge in [-0.05, 0) is 12.1 Å². The Balaban J connectivity index is 2.53. The van der Waals surface area contributed by atoms with E-state index in [4.69, 9.17) is 33.7 Å². The second-order valence-electron chi connectivity index (χ2n) is 4.00. The first-order chi connectivity index (χ1) is 9.43. The highest BCUT2D eigenvalue weighted by Gasteiger charge is 2.12. The summed E-state index contributed by atoms with van der Waals surface area (Å²) in [5.41, 5.74) is 6.30. The van der Waals surface area contributed by atoms with Crippen molar-refractivity contribution in [2.45, 2.75) is 6.42 Å². The largest absolute Gasteiger partial charge is 0.399 e. The molecule has 0 spiro atoms. The van der Waals surface area contributed by atoms with Crippen molar-refractivity contribution in [1.29, 1.82) is 0 Å². The Morgan fingerprint density at radius 3 is 2.50 bits per heavy atom. The van der Waals surface area contributed by atoms with Crippen molar-refractivity contribution in [2.75, 3.05) is 36.3 Å². The van der Waals surface area contributed by atoms with Crippen molar-refractivity contribution >= 4 is 51.3 Å². The molecule has 3 N–H and O–H groups in total. The maximum atomic E-state index is 11.8. The second kappa shape index (κ2) is 8.46. The molecular weight excluding hydrogens is 323 g/mol. The summed E-state index contributed by atoms with van der Waals surface area (Å²) in [5, 5.41) is 3.13. The van der Waals surface area contributed by atoms with Crippen LogP contribution < -0.4 is 11.1 Å². The SMILES string of the molecule is COCCS(=O)CCC(=O)Nc1c(Cl)cc(N)cc1Cl. The van der Waals surface area contributed by atoms with Gasteiger partial charge in [0.1, 0.15) is 0 Å². The van der Waals surface area contributed by atoms with E-state index in [1.807, 2.05) is 0 Å². The second-order valence-corrected chi connectivity index (χ2v) is 6.51. The quantitative estimate of drug-likeness (QED) is 0.747. The minimum Gasteiger partial charge on any atom is -0.399 e. The van der Waals surface area contributed by atoms with Crippen LogP contribution in [-0.4, -0.2) is 35.3 Å². The normalized spacial score (nSPS) is 12.2. The van der Waals surface area contributed by atoms with Crippen molar-refractivity contribution in [3.05, 3.63) is 22.2 Å². The Morgan fingerprint density at radius 2 is 1.95 bits per heavy atom. The number of nitrogens with one attached hydrogen (secondary N) is 1. The number of hydrogen-bond acceptors (Lipinski definition) is 4. The zero-order valence-corrected chi connectivity index (χ0v) is 13.3. The summed E-state index contributed by atoms with van der Waals surface area (Å²) < 4.78 is 16.3. The van der Waals surface area contributed by atoms with E-state index < -0.39 is 10.8 Å². The van der Waals surface area contributed by atoms with Crippen LogP contribution in [0.4, 0.5) is 11.4 Å². The average molecular weight is 339 g/mol. The summed E-state index contributed by atoms with van der Waals surface area (Å²) in [5.74, 6) is 0.372. The van der Waals surface area contributed by atoms with Crippen molar-refractivity contribution in [3.8, 4) is 0 Å². The topological polar surface area (TPSA) is 81.4 Å². The van der Waals surface area contributed by atoms with E-state index in [0.717, 1.165) is 0 Å². The molecule has 0 bridgehead atoms. The third kappa shape index (κ3) is 5.66. The standard InChI is InChI=1S/C12H16Cl2N2O3S/c1-19-3-5-20(18)4-2-11(17)16-12-9(13)6-8(15)7-10(12)14/h6-7H,2-5,15H2,1H3,(H,16,17). The van der Waals surface area contributed by atoms with Crippen LogP contribution in [0.2, 0.25) is 10.0 Å². The summed E-state index contributed by atoms with van der Waals surface area (Å²) in [6.45, 7) is 0.407. The van der Waals surface area contributed by atoms with Crippen LogP contribution in [0.25, 0.3) is 0 Å². The smallest absolute Gasteiger partial charge is 0.225 e. The monoisotopic (exact) mass is 338 g/mol. The number of carbonyl (C=O) groups excluding carboxylic acids is 1. The van der Waals surface area contributed by atoms with Gasteiger partial charge in [-0.25, -0.2) is 0 Å². The molecule has 0 aliphatic heterocycles. The van der Waals surface area contributed by atoms with Crippen LogP contribution in [0.1, 0.15) is 6.42 Å². The third-order valence-corrected chi connectivity index (χ3v) is 4.28. The predicted octanol–water partition coefficient (Wildman–Crippen LogP) is 2.30. The van der Waals surface area contributed by atoms with E-state index in [1.54, 1.807) is 0 Å². The zero-order valence-electron chi connectivity index (χ0n) is 10.9. The maximum absolute atomic E-state index is 11.8. The molecule has 0 heterocycles. The molecule has 0 aliphatic rings. The van der Waals surface area contributed by atoms with Gasteiger partial charge in [0.2, 0.25) is 5.91 Å². The molecule has 8 heteroatoms. The highest BCUT2D eigenvalue weighted by atomic mass is 35.5. The van der Waals surface area contributed by atoms with Crippen LogP contribution in [0, 0.1) is 0 Å². The van der Waals surface area contributed by atoms with E-state index in [-0.39, 0.29) is 28.1 Å². The number of methoxy groups -OCH3 is 1. The molecule has 0 aliphatic carbocycles. The number of ether oxygens (including phenoxy) is 1. The minimum absolute atomic E-state index is 0.118. The lowest BCUT2D eigenvalue weighted by atomic mass is 10.2. The number of hydrogen-bond donors (Lipinski definition) is 2. The molecule has 1 amide bonds. The minimum atomic E-state index is -1.08. The first kappa shape index (κ1) is 17.2. The fourth-order valence-electron chi connectivity index (χ4n) is 1.40. The average Bonchev–Trinajstić information content (AvgIpc) is 2.38. The first-order valence-electron chi connectivity index (χ1n) is 5.82. The zero-order chi connectivity index (χ0) is 15.1. The molecule has 112 valence electrons. The molecule has 5 nitrogen and oxygen atoms in total. The van der Waals surface area contributed by atoms with E-state index in [2.05, 4.69) is 5.32 Å². The summed E-state index contributed by atoms with van der Waals surface area (Å²) in [6.07, 6.45) is 0.118. The lowest BCUT2D eigenvalue weighted by Crippen LogP contribution is -2.17. The molecule has 0 saturated carbocycles. The van der Waals surface area contributed by atoms with Gasteiger partial charge in [0.05, 0.1) is 22.3 Å². The van der Waals surface area contributed by atoms with Crippen LogP contribution in [0.15, 0.2) is 12.1 Å². The van der Waals surface area contributed by atoms with Crippen LogP contribution in [0.5, 0.6) is 0 Å². The van der Waals surface area contributed by atoms with Gasteiger partial charge in [0.25, 0.3) is 0 Å². The molecule has 1 atom stereocenters. The van der Waals surface area contributed by atoms with Crippen LogP contribution >= 0.6 is 23.2 Å². The third-order valence-electron chi connectivity index (χ3n) is 2.40. The van der Waals surface area contributed by atoms with Crippen molar-refractivity contribution in [2.24, 2.45) is 0 Å². The first-order valence-corrected chi connectivity index (χ1v) is 8.06. The summed E-state index contributed by atoms with van der Waals surface area (Å²) in [7, 11) is 0.452. The molecule has 0 aromatic heterocycles. The summed E-state index contributed by atoms with van der Waals surface area (Å²) in [6, 6.07) is 3.00. The van der Waals surface area contributed by atoms with Crippen molar-refractivity contribution in [1.82, 2.24) is 0 Å². The molecule has 20 heavy (non-hydrogen) atoms. The van der Waals surface area contributed by atoms with Gasteiger partial charge in [-0.2, -0.15) is 0 Å². The highest BCUT2D eigenvalue weighted by Crippen LogP contribution is 2.32. The molecular formula is C12H16Cl2N2O3S. The molecule has 1 aromatic rings. The van der Waals surface area contributed by atoms with Gasteiger partial charge >= 0.3 is 0 Å². The number of nitrogens with two attached hydrogens (primary N) is 1. The Labute approximate surface area is 130 Å². The molecule has 1 rings (SSSR count). The molecule has 0 fully saturated rings. The van der Waals surface area contributed by atoms with Crippen LogP contribution in [-0.2, 0) is 20.3 Å². The van der Waals surface area contributed by atoms with E-state index in [1.165, 1.54) is 19.2 Å². The van der Waals surface area contributed by atoms with E-state index in [0.29, 0.717) is 23.7 Å². The van der Waals surface area contributed by atoms with Crippen molar-refractivity contribution in [3.63, 3.8) is 0 Å². The predicted molar refractivity (Wildman–Crippen MR) is 83.9 cm³/mol. The van der Waals surface area contributed by atoms with E-state index in [9.17, 15) is 9.00 Å². The number of amides is 1. The summed E-state index contributed by atoms with van der Waals surface area (Å²) in [4.78, 5) is 11.8. The number of nitrogen functional groups attached to an aromatic ring is 1.